The summed E-state index contributed by atoms with van der Waals surface area (Å²) in [5.41, 5.74) is -0.503. The van der Waals surface area contributed by atoms with Crippen molar-refractivity contribution in [1.29, 1.82) is 5.26 Å². The summed E-state index contributed by atoms with van der Waals surface area (Å²) in [6, 6.07) is 5.88. The molecule has 0 atom stereocenters. The maximum atomic E-state index is 12.3. The van der Waals surface area contributed by atoms with E-state index in [9.17, 15) is 10.1 Å². The van der Waals surface area contributed by atoms with Gasteiger partial charge in [0.25, 0.3) is 0 Å². The molecule has 0 aliphatic carbocycles. The Morgan fingerprint density at radius 3 is 2.58 bits per heavy atom. The highest BCUT2D eigenvalue weighted by Gasteiger charge is 2.29. The molecule has 3 rings (SSSR count). The molecule has 138 valence electrons. The van der Waals surface area contributed by atoms with E-state index in [0.717, 1.165) is 20.9 Å². The molecule has 0 aromatic heterocycles. The summed E-state index contributed by atoms with van der Waals surface area (Å²) in [5.74, 6) is 0.850. The second-order valence-corrected chi connectivity index (χ2v) is 8.18. The number of carbonyl (C=O) groups is 1. The highest BCUT2D eigenvalue weighted by molar-refractivity contribution is 9.10. The molecular weight excluding hydrogens is 398 g/mol. The van der Waals surface area contributed by atoms with Crippen LogP contribution < -0.4 is 10.6 Å². The molecule has 1 aromatic carbocycles. The van der Waals surface area contributed by atoms with Crippen molar-refractivity contribution in [2.75, 3.05) is 32.8 Å². The first-order valence-corrected chi connectivity index (χ1v) is 9.32. The smallest absolute Gasteiger partial charge is 0.410 e. The van der Waals surface area contributed by atoms with Crippen molar-refractivity contribution in [1.82, 2.24) is 14.7 Å². The number of ether oxygens (including phenoxy) is 1. The van der Waals surface area contributed by atoms with E-state index >= 15 is 0 Å². The van der Waals surface area contributed by atoms with Crippen LogP contribution in [0.25, 0.3) is 5.82 Å². The van der Waals surface area contributed by atoms with Gasteiger partial charge in [-0.15, -0.1) is 0 Å². The molecule has 2 aliphatic heterocycles. The molecule has 7 nitrogen and oxygen atoms in total. The SMILES string of the molecule is CC(C)(C)OC(=O)N1CCN(C2=c3cc(Br)ccc3=NCN2C#N)CC1. The number of piperazine rings is 1. The van der Waals surface area contributed by atoms with Gasteiger partial charge in [-0.1, -0.05) is 15.9 Å². The minimum atomic E-state index is -0.503. The van der Waals surface area contributed by atoms with Crippen LogP contribution in [0.1, 0.15) is 20.8 Å². The zero-order chi connectivity index (χ0) is 18.9. The Bertz CT molecular complexity index is 863. The number of amides is 1. The molecule has 0 N–H and O–H groups in total. The van der Waals surface area contributed by atoms with Crippen LogP contribution in [-0.4, -0.2) is 59.2 Å². The summed E-state index contributed by atoms with van der Waals surface area (Å²) in [7, 11) is 0. The predicted octanol–water partition coefficient (Wildman–Crippen LogP) is 1.44. The minimum Gasteiger partial charge on any atom is -0.444 e. The molecule has 0 unspecified atom stereocenters. The van der Waals surface area contributed by atoms with Crippen LogP contribution >= 0.6 is 15.9 Å². The fourth-order valence-electron chi connectivity index (χ4n) is 3.03. The fraction of sp³-hybridized carbons (Fsp3) is 0.500. The van der Waals surface area contributed by atoms with Crippen LogP contribution in [0.4, 0.5) is 4.79 Å². The van der Waals surface area contributed by atoms with E-state index in [1.807, 2.05) is 39.0 Å². The Balaban J connectivity index is 1.84. The Labute approximate surface area is 161 Å². The molecule has 1 saturated heterocycles. The first-order valence-electron chi connectivity index (χ1n) is 8.53. The summed E-state index contributed by atoms with van der Waals surface area (Å²) < 4.78 is 6.39. The molecule has 0 radical (unpaired) electrons. The van der Waals surface area contributed by atoms with Crippen LogP contribution in [-0.2, 0) is 4.74 Å². The van der Waals surface area contributed by atoms with Crippen molar-refractivity contribution in [3.05, 3.63) is 33.2 Å². The normalized spacial score (nSPS) is 17.3. The number of benzene rings is 1. The molecule has 26 heavy (non-hydrogen) atoms. The third kappa shape index (κ3) is 3.93. The Morgan fingerprint density at radius 2 is 1.96 bits per heavy atom. The van der Waals surface area contributed by atoms with Gasteiger partial charge in [-0.3, -0.25) is 4.99 Å². The quantitative estimate of drug-likeness (QED) is 0.643. The molecule has 0 spiro atoms. The number of halogens is 1. The minimum absolute atomic E-state index is 0.291. The Hall–Kier alpha value is -2.27. The molecule has 8 heteroatoms. The second-order valence-electron chi connectivity index (χ2n) is 7.27. The van der Waals surface area contributed by atoms with Crippen LogP contribution in [0.15, 0.2) is 27.7 Å². The summed E-state index contributed by atoms with van der Waals surface area (Å²) in [5, 5.41) is 11.3. The number of fused-ring (bicyclic) bond motifs is 1. The molecule has 1 amide bonds. The van der Waals surface area contributed by atoms with E-state index in [4.69, 9.17) is 4.74 Å². The molecule has 0 bridgehead atoms. The molecule has 2 aliphatic rings. The third-order valence-corrected chi connectivity index (χ3v) is 4.68. The molecule has 2 heterocycles. The number of rotatable bonds is 1. The standard InChI is InChI=1S/C18H22BrN5O2/c1-18(2,3)26-17(25)23-8-6-22(7-9-23)16-14-10-13(19)4-5-15(14)21-12-24(16)11-20/h4-5,10H,6-9,12H2,1-3H3. The van der Waals surface area contributed by atoms with E-state index in [-0.39, 0.29) is 6.09 Å². The van der Waals surface area contributed by atoms with E-state index in [1.54, 1.807) is 9.80 Å². The van der Waals surface area contributed by atoms with Gasteiger partial charge >= 0.3 is 6.09 Å². The lowest BCUT2D eigenvalue weighted by molar-refractivity contribution is 0.0173. The van der Waals surface area contributed by atoms with E-state index in [2.05, 4.69) is 32.0 Å². The van der Waals surface area contributed by atoms with Gasteiger partial charge in [0.2, 0.25) is 0 Å². The van der Waals surface area contributed by atoms with Crippen molar-refractivity contribution in [3.63, 3.8) is 0 Å². The average Bonchev–Trinajstić information content (AvgIpc) is 2.59. The topological polar surface area (TPSA) is 72.2 Å². The zero-order valence-corrected chi connectivity index (χ0v) is 16.8. The highest BCUT2D eigenvalue weighted by Crippen LogP contribution is 2.17. The number of carbonyl (C=O) groups excluding carboxylic acids is 1. The maximum Gasteiger partial charge on any atom is 0.410 e. The lowest BCUT2D eigenvalue weighted by Crippen LogP contribution is -2.53. The summed E-state index contributed by atoms with van der Waals surface area (Å²) >= 11 is 3.50. The Morgan fingerprint density at radius 1 is 1.27 bits per heavy atom. The van der Waals surface area contributed by atoms with Crippen molar-refractivity contribution >= 4 is 27.8 Å². The third-order valence-electron chi connectivity index (χ3n) is 4.19. The second kappa shape index (κ2) is 7.16. The largest absolute Gasteiger partial charge is 0.444 e. The van der Waals surface area contributed by atoms with Gasteiger partial charge in [-0.25, -0.2) is 9.69 Å². The lowest BCUT2D eigenvalue weighted by Gasteiger charge is -2.39. The van der Waals surface area contributed by atoms with E-state index in [1.165, 1.54) is 0 Å². The van der Waals surface area contributed by atoms with Crippen LogP contribution in [0.3, 0.4) is 0 Å². The van der Waals surface area contributed by atoms with Crippen LogP contribution in [0.5, 0.6) is 0 Å². The van der Waals surface area contributed by atoms with Gasteiger partial charge in [0, 0.05) is 35.9 Å². The van der Waals surface area contributed by atoms with E-state index in [0.29, 0.717) is 32.8 Å². The van der Waals surface area contributed by atoms with Gasteiger partial charge < -0.3 is 14.5 Å². The number of nitriles is 1. The molecular formula is C18H22BrN5O2. The van der Waals surface area contributed by atoms with Gasteiger partial charge in [0.1, 0.15) is 18.1 Å². The van der Waals surface area contributed by atoms with Gasteiger partial charge in [-0.05, 0) is 39.0 Å². The summed E-state index contributed by atoms with van der Waals surface area (Å²) in [6.07, 6.45) is 1.93. The number of nitrogens with zero attached hydrogens (tertiary/aromatic N) is 5. The van der Waals surface area contributed by atoms with Crippen LogP contribution in [0, 0.1) is 11.5 Å². The fourth-order valence-corrected chi connectivity index (χ4v) is 3.39. The van der Waals surface area contributed by atoms with Crippen LogP contribution in [0.2, 0.25) is 0 Å². The van der Waals surface area contributed by atoms with Crippen molar-refractivity contribution < 1.29 is 9.53 Å². The number of hydrogen-bond donors (Lipinski definition) is 0. The first-order chi connectivity index (χ1) is 12.3. The maximum absolute atomic E-state index is 12.3. The number of hydrogen-bond acceptors (Lipinski definition) is 6. The average molecular weight is 420 g/mol. The van der Waals surface area contributed by atoms with Crippen molar-refractivity contribution in [2.45, 2.75) is 26.4 Å². The molecule has 1 aromatic rings. The zero-order valence-electron chi connectivity index (χ0n) is 15.2. The first kappa shape index (κ1) is 18.5. The van der Waals surface area contributed by atoms with Gasteiger partial charge in [-0.2, -0.15) is 5.26 Å². The van der Waals surface area contributed by atoms with E-state index < -0.39 is 5.60 Å². The van der Waals surface area contributed by atoms with Crippen molar-refractivity contribution in [2.24, 2.45) is 4.99 Å². The van der Waals surface area contributed by atoms with Crippen molar-refractivity contribution in [3.8, 4) is 6.19 Å². The summed E-state index contributed by atoms with van der Waals surface area (Å²) in [4.78, 5) is 22.2. The molecule has 1 fully saturated rings. The molecule has 0 saturated carbocycles. The monoisotopic (exact) mass is 419 g/mol. The lowest BCUT2D eigenvalue weighted by atomic mass is 10.2. The predicted molar refractivity (Wildman–Crippen MR) is 100 cm³/mol. The summed E-state index contributed by atoms with van der Waals surface area (Å²) in [6.45, 7) is 8.28. The Kier molecular flexibility index (Phi) is 5.10. The highest BCUT2D eigenvalue weighted by atomic mass is 79.9. The van der Waals surface area contributed by atoms with Gasteiger partial charge in [0.05, 0.1) is 5.36 Å². The van der Waals surface area contributed by atoms with Gasteiger partial charge in [0.15, 0.2) is 6.19 Å².